The highest BCUT2D eigenvalue weighted by molar-refractivity contribution is 5.67. The molecule has 9 heteroatoms. The summed E-state index contributed by atoms with van der Waals surface area (Å²) < 4.78 is 35.8. The van der Waals surface area contributed by atoms with Crippen LogP contribution < -0.4 is 14.9 Å². The molecular weight excluding hydrogens is 620 g/mol. The van der Waals surface area contributed by atoms with Crippen LogP contribution in [0, 0.1) is 23.7 Å². The number of carbonyl (C=O) groups is 1. The first-order valence-electron chi connectivity index (χ1n) is 18.0. The first-order valence-corrected chi connectivity index (χ1v) is 18.0. The van der Waals surface area contributed by atoms with Crippen molar-refractivity contribution < 1.29 is 33.2 Å². The fourth-order valence-corrected chi connectivity index (χ4v) is 6.43. The number of amides is 1. The number of benzene rings is 2. The van der Waals surface area contributed by atoms with Gasteiger partial charge in [0.2, 0.25) is 0 Å². The van der Waals surface area contributed by atoms with Gasteiger partial charge in [-0.15, -0.1) is 0 Å². The third-order valence-electron chi connectivity index (χ3n) is 9.28. The number of nitrogens with one attached hydrogen (secondary N) is 1. The van der Waals surface area contributed by atoms with E-state index in [9.17, 15) is 4.79 Å². The second-order valence-corrected chi connectivity index (χ2v) is 15.5. The van der Waals surface area contributed by atoms with E-state index in [1.807, 2.05) is 63.9 Å². The van der Waals surface area contributed by atoms with E-state index >= 15 is 0 Å². The van der Waals surface area contributed by atoms with Crippen molar-refractivity contribution in [1.29, 1.82) is 0 Å². The van der Waals surface area contributed by atoms with E-state index in [-0.39, 0.29) is 18.1 Å². The van der Waals surface area contributed by atoms with Gasteiger partial charge in [0.25, 0.3) is 0 Å². The summed E-state index contributed by atoms with van der Waals surface area (Å²) in [5, 5.41) is 2.00. The summed E-state index contributed by atoms with van der Waals surface area (Å²) in [6.07, 6.45) is 2.67. The molecule has 2 aromatic carbocycles. The van der Waals surface area contributed by atoms with Gasteiger partial charge in [0.1, 0.15) is 11.3 Å². The molecule has 4 atom stereocenters. The molecule has 0 spiro atoms. The van der Waals surface area contributed by atoms with Crippen LogP contribution in [0.5, 0.6) is 11.5 Å². The average molecular weight is 685 g/mol. The molecule has 1 saturated heterocycles. The summed E-state index contributed by atoms with van der Waals surface area (Å²) in [5.74, 6) is 2.79. The maximum absolute atomic E-state index is 13.2. The molecule has 2 aromatic rings. The van der Waals surface area contributed by atoms with Gasteiger partial charge < -0.3 is 28.4 Å². The highest BCUT2D eigenvalue weighted by Crippen LogP contribution is 2.40. The number of ether oxygens (including phenoxy) is 6. The van der Waals surface area contributed by atoms with Crippen molar-refractivity contribution >= 4 is 6.09 Å². The van der Waals surface area contributed by atoms with Crippen molar-refractivity contribution in [3.8, 4) is 11.5 Å². The van der Waals surface area contributed by atoms with Crippen molar-refractivity contribution in [2.45, 2.75) is 118 Å². The molecule has 1 N–H and O–H groups in total. The molecule has 0 aliphatic carbocycles. The number of hydrazine groups is 1. The third kappa shape index (κ3) is 13.1. The summed E-state index contributed by atoms with van der Waals surface area (Å²) >= 11 is 0. The Morgan fingerprint density at radius 1 is 0.918 bits per heavy atom. The fraction of sp³-hybridized carbons (Fsp3) is 0.675. The lowest BCUT2D eigenvalue weighted by Gasteiger charge is -2.36. The minimum atomic E-state index is -0.747. The van der Waals surface area contributed by atoms with E-state index in [2.05, 4.69) is 57.4 Å². The smallest absolute Gasteiger partial charge is 0.422 e. The van der Waals surface area contributed by atoms with Crippen LogP contribution in [0.15, 0.2) is 48.5 Å². The lowest BCUT2D eigenvalue weighted by Crippen LogP contribution is -2.56. The molecule has 1 aliphatic heterocycles. The second-order valence-electron chi connectivity index (χ2n) is 15.5. The Balaban J connectivity index is 1.85. The molecule has 1 aliphatic rings. The first kappa shape index (κ1) is 40.6. The predicted molar refractivity (Wildman–Crippen MR) is 195 cm³/mol. The summed E-state index contributed by atoms with van der Waals surface area (Å²) in [5.41, 5.74) is 4.08. The van der Waals surface area contributed by atoms with Crippen LogP contribution in [0.2, 0.25) is 0 Å². The normalized spacial score (nSPS) is 19.2. The largest absolute Gasteiger partial charge is 0.493 e. The molecule has 3 rings (SSSR count). The molecule has 0 aromatic heterocycles. The molecule has 0 saturated carbocycles. The highest BCUT2D eigenvalue weighted by Gasteiger charge is 2.50. The van der Waals surface area contributed by atoms with Crippen molar-refractivity contribution in [3.63, 3.8) is 0 Å². The Labute approximate surface area is 296 Å². The number of rotatable bonds is 19. The molecule has 9 nitrogen and oxygen atoms in total. The molecule has 1 fully saturated rings. The zero-order valence-electron chi connectivity index (χ0n) is 32.0. The monoisotopic (exact) mass is 684 g/mol. The number of hydrogen-bond acceptors (Lipinski definition) is 8. The summed E-state index contributed by atoms with van der Waals surface area (Å²) in [4.78, 5) is 13.2. The van der Waals surface area contributed by atoms with Gasteiger partial charge in [-0.3, -0.25) is 5.43 Å². The van der Waals surface area contributed by atoms with E-state index < -0.39 is 17.4 Å². The zero-order valence-corrected chi connectivity index (χ0v) is 32.0. The number of nitrogens with zero attached hydrogens (tertiary/aromatic N) is 1. The van der Waals surface area contributed by atoms with Crippen LogP contribution in [-0.4, -0.2) is 68.6 Å². The Hall–Kier alpha value is -2.85. The quantitative estimate of drug-likeness (QED) is 0.148. The van der Waals surface area contributed by atoms with Crippen LogP contribution in [0.1, 0.15) is 92.7 Å². The van der Waals surface area contributed by atoms with Crippen LogP contribution >= 0.6 is 0 Å². The molecule has 1 heterocycles. The number of carbonyl (C=O) groups excluding carboxylic acids is 1. The molecule has 1 amide bonds. The topological polar surface area (TPSA) is 87.7 Å². The highest BCUT2D eigenvalue weighted by atomic mass is 16.6. The Kier molecular flexibility index (Phi) is 15.7. The summed E-state index contributed by atoms with van der Waals surface area (Å²) in [6.45, 7) is 21.1. The standard InChI is InChI=1S/C40H64N2O7/c1-28(2)32(22-31-18-19-35(45-11)37(23-31)47-21-15-20-44-10)25-36-34(42(40(8,9)48-36)41-38(43)49-39(5,6)7)24-33(29(3)4)27-46-26-30-16-13-12-14-17-30/h12-14,16-19,23,28-29,32-34,36H,15,20-22,24-27H2,1-11H3,(H,41,43)/t32-,33+,34-,36-/m0/s1. The Morgan fingerprint density at radius 2 is 1.61 bits per heavy atom. The molecule has 0 bridgehead atoms. The first-order chi connectivity index (χ1) is 23.1. The maximum atomic E-state index is 13.2. The number of methoxy groups -OCH3 is 2. The Bertz CT molecular complexity index is 1260. The summed E-state index contributed by atoms with van der Waals surface area (Å²) in [7, 11) is 3.37. The van der Waals surface area contributed by atoms with Gasteiger partial charge in [0, 0.05) is 20.1 Å². The number of hydrogen-bond donors (Lipinski definition) is 1. The summed E-state index contributed by atoms with van der Waals surface area (Å²) in [6, 6.07) is 16.4. The molecule has 276 valence electrons. The maximum Gasteiger partial charge on any atom is 0.422 e. The van der Waals surface area contributed by atoms with Crippen molar-refractivity contribution in [2.75, 3.05) is 34.0 Å². The minimum Gasteiger partial charge on any atom is -0.493 e. The molecule has 0 radical (unpaired) electrons. The molecule has 49 heavy (non-hydrogen) atoms. The predicted octanol–water partition coefficient (Wildman–Crippen LogP) is 8.44. The van der Waals surface area contributed by atoms with Gasteiger partial charge in [-0.05, 0) is 101 Å². The van der Waals surface area contributed by atoms with E-state index in [1.54, 1.807) is 14.2 Å². The van der Waals surface area contributed by atoms with Crippen LogP contribution in [-0.2, 0) is 32.0 Å². The van der Waals surface area contributed by atoms with Crippen molar-refractivity contribution in [1.82, 2.24) is 10.4 Å². The van der Waals surface area contributed by atoms with E-state index in [4.69, 9.17) is 28.4 Å². The van der Waals surface area contributed by atoms with Gasteiger partial charge in [-0.25, -0.2) is 4.79 Å². The van der Waals surface area contributed by atoms with Gasteiger partial charge in [-0.1, -0.05) is 64.1 Å². The van der Waals surface area contributed by atoms with Crippen LogP contribution in [0.25, 0.3) is 0 Å². The second kappa shape index (κ2) is 18.9. The van der Waals surface area contributed by atoms with Gasteiger partial charge >= 0.3 is 6.09 Å². The van der Waals surface area contributed by atoms with Gasteiger partial charge in [0.15, 0.2) is 11.5 Å². The SMILES string of the molecule is COCCCOc1cc(C[C@@H](C[C@@H]2OC(C)(C)N(NC(=O)OC(C)(C)C)[C@H]2C[C@H](COCc2ccccc2)C(C)C)C(C)C)ccc1OC. The van der Waals surface area contributed by atoms with Gasteiger partial charge in [-0.2, -0.15) is 5.01 Å². The van der Waals surface area contributed by atoms with Crippen molar-refractivity contribution in [3.05, 3.63) is 59.7 Å². The lowest BCUT2D eigenvalue weighted by molar-refractivity contribution is -0.0993. The van der Waals surface area contributed by atoms with E-state index in [0.717, 1.165) is 42.7 Å². The Morgan fingerprint density at radius 3 is 2.22 bits per heavy atom. The molecule has 0 unspecified atom stereocenters. The zero-order chi connectivity index (χ0) is 36.2. The molecular formula is C40H64N2O7. The minimum absolute atomic E-state index is 0.0907. The van der Waals surface area contributed by atoms with E-state index in [0.29, 0.717) is 44.2 Å². The average Bonchev–Trinajstić information content (AvgIpc) is 3.25. The van der Waals surface area contributed by atoms with Crippen molar-refractivity contribution in [2.24, 2.45) is 23.7 Å². The fourth-order valence-electron chi connectivity index (χ4n) is 6.43. The van der Waals surface area contributed by atoms with Crippen LogP contribution in [0.3, 0.4) is 0 Å². The lowest BCUT2D eigenvalue weighted by atomic mass is 9.81. The van der Waals surface area contributed by atoms with Crippen LogP contribution in [0.4, 0.5) is 4.79 Å². The third-order valence-corrected chi connectivity index (χ3v) is 9.28. The van der Waals surface area contributed by atoms with Gasteiger partial charge in [0.05, 0.1) is 39.1 Å². The van der Waals surface area contributed by atoms with E-state index in [1.165, 1.54) is 5.56 Å².